The van der Waals surface area contributed by atoms with Crippen molar-refractivity contribution in [1.82, 2.24) is 15.8 Å². The van der Waals surface area contributed by atoms with Crippen molar-refractivity contribution in [2.75, 3.05) is 0 Å². The van der Waals surface area contributed by atoms with Gasteiger partial charge in [0.1, 0.15) is 5.75 Å². The van der Waals surface area contributed by atoms with E-state index in [1.54, 1.807) is 30.4 Å². The van der Waals surface area contributed by atoms with E-state index in [-0.39, 0.29) is 12.3 Å². The van der Waals surface area contributed by atoms with Gasteiger partial charge in [-0.05, 0) is 37.3 Å². The summed E-state index contributed by atoms with van der Waals surface area (Å²) in [5.41, 5.74) is 5.74. The maximum atomic E-state index is 12.1. The number of halogens is 1. The molecule has 3 rings (SSSR count). The molecule has 6 nitrogen and oxygen atoms in total. The number of hydrogen-bond donors (Lipinski definition) is 2. The first kappa shape index (κ1) is 19.3. The molecule has 1 atom stereocenters. The van der Waals surface area contributed by atoms with Crippen LogP contribution in [-0.4, -0.2) is 22.9 Å². The van der Waals surface area contributed by atoms with Gasteiger partial charge in [-0.1, -0.05) is 34.1 Å². The van der Waals surface area contributed by atoms with Crippen molar-refractivity contribution < 1.29 is 14.3 Å². The topological polar surface area (TPSA) is 80.3 Å². The first-order valence-corrected chi connectivity index (χ1v) is 9.97. The summed E-state index contributed by atoms with van der Waals surface area (Å²) in [6, 6.07) is 15.0. The summed E-state index contributed by atoms with van der Waals surface area (Å²) >= 11 is 4.91. The molecule has 27 heavy (non-hydrogen) atoms. The number of hydrazine groups is 1. The number of para-hydroxylation sites is 1. The zero-order valence-corrected chi connectivity index (χ0v) is 17.0. The van der Waals surface area contributed by atoms with E-state index >= 15 is 0 Å². The summed E-state index contributed by atoms with van der Waals surface area (Å²) in [4.78, 5) is 28.5. The highest BCUT2D eigenvalue weighted by atomic mass is 79.9. The fourth-order valence-electron chi connectivity index (χ4n) is 2.34. The number of ether oxygens (including phenoxy) is 1. The molecule has 3 aromatic rings. The van der Waals surface area contributed by atoms with E-state index in [9.17, 15) is 9.59 Å². The molecule has 1 heterocycles. The fourth-order valence-corrected chi connectivity index (χ4v) is 3.69. The minimum absolute atomic E-state index is 0.237. The summed E-state index contributed by atoms with van der Waals surface area (Å²) in [5.74, 6) is -0.144. The molecule has 1 aromatic heterocycles. The lowest BCUT2D eigenvalue weighted by molar-refractivity contribution is -0.132. The molecule has 0 aliphatic carbocycles. The Morgan fingerprint density at radius 2 is 2.00 bits per heavy atom. The second-order valence-corrected chi connectivity index (χ2v) is 7.86. The van der Waals surface area contributed by atoms with Crippen LogP contribution in [0.3, 0.4) is 0 Å². The molecular weight excluding hydrogens is 430 g/mol. The monoisotopic (exact) mass is 447 g/mol. The Balaban J connectivity index is 1.43. The van der Waals surface area contributed by atoms with Gasteiger partial charge < -0.3 is 4.74 Å². The number of fused-ring (bicyclic) bond motifs is 1. The Kier molecular flexibility index (Phi) is 6.41. The third kappa shape index (κ3) is 5.51. The summed E-state index contributed by atoms with van der Waals surface area (Å²) in [6.07, 6.45) is 0.00965. The fraction of sp³-hybridized carbons (Fsp3) is 0.211. The highest BCUT2D eigenvalue weighted by molar-refractivity contribution is 9.10. The molecule has 0 bridgehead atoms. The lowest BCUT2D eigenvalue weighted by atomic mass is 10.3. The van der Waals surface area contributed by atoms with Crippen LogP contribution in [-0.2, 0) is 16.0 Å². The van der Waals surface area contributed by atoms with E-state index < -0.39 is 12.0 Å². The normalized spacial score (nSPS) is 11.8. The van der Waals surface area contributed by atoms with Crippen molar-refractivity contribution >= 4 is 49.3 Å². The average molecular weight is 448 g/mol. The van der Waals surface area contributed by atoms with Crippen LogP contribution in [0.4, 0.5) is 0 Å². The van der Waals surface area contributed by atoms with Gasteiger partial charge in [0.05, 0.1) is 15.2 Å². The van der Waals surface area contributed by atoms with Crippen molar-refractivity contribution in [3.05, 3.63) is 58.0 Å². The van der Waals surface area contributed by atoms with Crippen LogP contribution in [0.2, 0.25) is 0 Å². The number of carbonyl (C=O) groups is 2. The number of aromatic nitrogens is 1. The van der Waals surface area contributed by atoms with Crippen LogP contribution in [0.15, 0.2) is 53.0 Å². The van der Waals surface area contributed by atoms with Crippen LogP contribution in [0, 0.1) is 0 Å². The lowest BCUT2D eigenvalue weighted by Crippen LogP contribution is -2.47. The van der Waals surface area contributed by atoms with E-state index in [1.807, 2.05) is 36.4 Å². The number of rotatable bonds is 6. The SMILES string of the molecule is CC(Oc1cccc(Br)c1)C(=O)NNC(=O)CCc1nc2ccccc2s1. The van der Waals surface area contributed by atoms with Gasteiger partial charge in [-0.25, -0.2) is 4.98 Å². The Morgan fingerprint density at radius 1 is 1.19 bits per heavy atom. The van der Waals surface area contributed by atoms with Gasteiger partial charge in [0.25, 0.3) is 5.91 Å². The second kappa shape index (κ2) is 8.96. The van der Waals surface area contributed by atoms with Crippen LogP contribution in [0.5, 0.6) is 5.75 Å². The van der Waals surface area contributed by atoms with Gasteiger partial charge in [-0.2, -0.15) is 0 Å². The van der Waals surface area contributed by atoms with E-state index in [2.05, 4.69) is 31.8 Å². The molecule has 2 N–H and O–H groups in total. The number of carbonyl (C=O) groups excluding carboxylic acids is 2. The van der Waals surface area contributed by atoms with E-state index in [0.29, 0.717) is 12.2 Å². The van der Waals surface area contributed by atoms with E-state index in [1.165, 1.54) is 0 Å². The minimum atomic E-state index is -0.746. The Morgan fingerprint density at radius 3 is 2.78 bits per heavy atom. The standard InChI is InChI=1S/C19H18BrN3O3S/c1-12(26-14-6-4-5-13(20)11-14)19(25)23-22-17(24)9-10-18-21-15-7-2-3-8-16(15)27-18/h2-8,11-12H,9-10H2,1H3,(H,22,24)(H,23,25). The third-order valence-corrected chi connectivity index (χ3v) is 5.30. The van der Waals surface area contributed by atoms with Gasteiger partial charge in [-0.15, -0.1) is 11.3 Å². The largest absolute Gasteiger partial charge is 0.481 e. The second-order valence-electron chi connectivity index (χ2n) is 5.83. The molecule has 2 aromatic carbocycles. The molecule has 8 heteroatoms. The maximum Gasteiger partial charge on any atom is 0.279 e. The summed E-state index contributed by atoms with van der Waals surface area (Å²) in [5, 5.41) is 0.893. The predicted octanol–water partition coefficient (Wildman–Crippen LogP) is 3.61. The number of hydrogen-bond acceptors (Lipinski definition) is 5. The number of thiazole rings is 1. The number of aryl methyl sites for hydroxylation is 1. The Labute approximate surface area is 169 Å². The predicted molar refractivity (Wildman–Crippen MR) is 108 cm³/mol. The van der Waals surface area contributed by atoms with Gasteiger partial charge in [0, 0.05) is 17.3 Å². The molecule has 0 saturated carbocycles. The zero-order valence-electron chi connectivity index (χ0n) is 14.6. The highest BCUT2D eigenvalue weighted by Crippen LogP contribution is 2.22. The molecule has 2 amide bonds. The van der Waals surface area contributed by atoms with Crippen LogP contribution < -0.4 is 15.6 Å². The van der Waals surface area contributed by atoms with Crippen molar-refractivity contribution in [3.63, 3.8) is 0 Å². The van der Waals surface area contributed by atoms with Gasteiger partial charge in [0.2, 0.25) is 5.91 Å². The summed E-state index contributed by atoms with van der Waals surface area (Å²) < 4.78 is 7.50. The number of benzene rings is 2. The van der Waals surface area contributed by atoms with Crippen molar-refractivity contribution in [1.29, 1.82) is 0 Å². The van der Waals surface area contributed by atoms with Crippen molar-refractivity contribution in [2.24, 2.45) is 0 Å². The third-order valence-electron chi connectivity index (χ3n) is 3.71. The number of nitrogens with one attached hydrogen (secondary N) is 2. The smallest absolute Gasteiger partial charge is 0.279 e. The first-order valence-electron chi connectivity index (χ1n) is 8.36. The zero-order chi connectivity index (χ0) is 19.2. The van der Waals surface area contributed by atoms with Crippen molar-refractivity contribution in [3.8, 4) is 5.75 Å². The van der Waals surface area contributed by atoms with Crippen LogP contribution >= 0.6 is 27.3 Å². The maximum absolute atomic E-state index is 12.1. The molecule has 140 valence electrons. The lowest BCUT2D eigenvalue weighted by Gasteiger charge is -2.15. The molecule has 0 aliphatic rings. The molecule has 0 radical (unpaired) electrons. The Hall–Kier alpha value is -2.45. The summed E-state index contributed by atoms with van der Waals surface area (Å²) in [6.45, 7) is 1.61. The quantitative estimate of drug-likeness (QED) is 0.565. The van der Waals surface area contributed by atoms with E-state index in [4.69, 9.17) is 4.74 Å². The van der Waals surface area contributed by atoms with Crippen molar-refractivity contribution in [2.45, 2.75) is 25.9 Å². The molecule has 0 aliphatic heterocycles. The number of amides is 2. The average Bonchev–Trinajstić information content (AvgIpc) is 3.07. The van der Waals surface area contributed by atoms with Crippen LogP contribution in [0.1, 0.15) is 18.4 Å². The van der Waals surface area contributed by atoms with Gasteiger partial charge in [-0.3, -0.25) is 20.4 Å². The Bertz CT molecular complexity index is 927. The molecule has 1 unspecified atom stereocenters. The molecule has 0 fully saturated rings. The molecule has 0 spiro atoms. The highest BCUT2D eigenvalue weighted by Gasteiger charge is 2.15. The molecule has 0 saturated heterocycles. The minimum Gasteiger partial charge on any atom is -0.481 e. The first-order chi connectivity index (χ1) is 13.0. The summed E-state index contributed by atoms with van der Waals surface area (Å²) in [7, 11) is 0. The number of nitrogens with zero attached hydrogens (tertiary/aromatic N) is 1. The van der Waals surface area contributed by atoms with Gasteiger partial charge >= 0.3 is 0 Å². The molecular formula is C19H18BrN3O3S. The van der Waals surface area contributed by atoms with E-state index in [0.717, 1.165) is 19.7 Å². The van der Waals surface area contributed by atoms with Crippen LogP contribution in [0.25, 0.3) is 10.2 Å². The van der Waals surface area contributed by atoms with Gasteiger partial charge in [0.15, 0.2) is 6.10 Å².